The molecule has 1 N–H and O–H groups in total. The first-order valence-corrected chi connectivity index (χ1v) is 7.50. The van der Waals surface area contributed by atoms with Gasteiger partial charge in [0.1, 0.15) is 5.75 Å². The minimum absolute atomic E-state index is 0.0264. The van der Waals surface area contributed by atoms with Crippen LogP contribution in [-0.4, -0.2) is 19.1 Å². The van der Waals surface area contributed by atoms with E-state index in [0.717, 1.165) is 17.7 Å². The monoisotopic (exact) mass is 289 g/mol. The van der Waals surface area contributed by atoms with Gasteiger partial charge in [0.2, 0.25) is 5.91 Å². The van der Waals surface area contributed by atoms with Gasteiger partial charge in [0, 0.05) is 22.9 Å². The Morgan fingerprint density at radius 3 is 2.80 bits per heavy atom. The SMILES string of the molecule is COc1ccccc1CC(=O)NC(C)Cc1cccs1. The number of carbonyl (C=O) groups is 1. The summed E-state index contributed by atoms with van der Waals surface area (Å²) >= 11 is 1.72. The first-order valence-electron chi connectivity index (χ1n) is 6.62. The van der Waals surface area contributed by atoms with Gasteiger partial charge in [-0.15, -0.1) is 11.3 Å². The number of hydrogen-bond donors (Lipinski definition) is 1. The van der Waals surface area contributed by atoms with Gasteiger partial charge >= 0.3 is 0 Å². The van der Waals surface area contributed by atoms with E-state index in [-0.39, 0.29) is 11.9 Å². The maximum Gasteiger partial charge on any atom is 0.224 e. The summed E-state index contributed by atoms with van der Waals surface area (Å²) in [5.41, 5.74) is 0.913. The van der Waals surface area contributed by atoms with Crippen molar-refractivity contribution in [2.45, 2.75) is 25.8 Å². The standard InChI is InChI=1S/C16H19NO2S/c1-12(10-14-7-5-9-20-14)17-16(18)11-13-6-3-4-8-15(13)19-2/h3-9,12H,10-11H2,1-2H3,(H,17,18). The van der Waals surface area contributed by atoms with Crippen LogP contribution in [0.25, 0.3) is 0 Å². The second kappa shape index (κ2) is 7.10. The predicted molar refractivity (Wildman–Crippen MR) is 82.3 cm³/mol. The molecule has 0 saturated carbocycles. The van der Waals surface area contributed by atoms with Gasteiger partial charge in [0.05, 0.1) is 13.5 Å². The molecule has 1 aromatic carbocycles. The molecule has 1 heterocycles. The smallest absolute Gasteiger partial charge is 0.224 e. The van der Waals surface area contributed by atoms with Crippen LogP contribution in [0.1, 0.15) is 17.4 Å². The van der Waals surface area contributed by atoms with Gasteiger partial charge in [-0.1, -0.05) is 24.3 Å². The lowest BCUT2D eigenvalue weighted by molar-refractivity contribution is -0.121. The number of nitrogens with one attached hydrogen (secondary N) is 1. The van der Waals surface area contributed by atoms with Gasteiger partial charge in [-0.2, -0.15) is 0 Å². The molecule has 0 fully saturated rings. The molecule has 0 spiro atoms. The molecular formula is C16H19NO2S. The fourth-order valence-corrected chi connectivity index (χ4v) is 2.96. The average molecular weight is 289 g/mol. The minimum Gasteiger partial charge on any atom is -0.496 e. The quantitative estimate of drug-likeness (QED) is 0.887. The van der Waals surface area contributed by atoms with Crippen molar-refractivity contribution in [2.75, 3.05) is 7.11 Å². The molecule has 1 aromatic heterocycles. The molecule has 0 aliphatic heterocycles. The summed E-state index contributed by atoms with van der Waals surface area (Å²) < 4.78 is 5.26. The highest BCUT2D eigenvalue weighted by molar-refractivity contribution is 7.09. The summed E-state index contributed by atoms with van der Waals surface area (Å²) in [6.07, 6.45) is 1.22. The summed E-state index contributed by atoms with van der Waals surface area (Å²) in [7, 11) is 1.62. The molecule has 0 bridgehead atoms. The number of methoxy groups -OCH3 is 1. The molecule has 1 unspecified atom stereocenters. The largest absolute Gasteiger partial charge is 0.496 e. The van der Waals surface area contributed by atoms with E-state index >= 15 is 0 Å². The first-order chi connectivity index (χ1) is 9.69. The predicted octanol–water partition coefficient (Wildman–Crippen LogP) is 3.05. The van der Waals surface area contributed by atoms with Crippen LogP contribution in [0.4, 0.5) is 0 Å². The van der Waals surface area contributed by atoms with E-state index in [9.17, 15) is 4.79 Å². The fraction of sp³-hybridized carbons (Fsp3) is 0.312. The zero-order valence-electron chi connectivity index (χ0n) is 11.8. The third-order valence-electron chi connectivity index (χ3n) is 3.04. The normalized spacial score (nSPS) is 11.9. The Balaban J connectivity index is 1.88. The molecule has 4 heteroatoms. The number of para-hydroxylation sites is 1. The number of amides is 1. The summed E-state index contributed by atoms with van der Waals surface area (Å²) in [4.78, 5) is 13.3. The van der Waals surface area contributed by atoms with Crippen LogP contribution in [0.3, 0.4) is 0 Å². The highest BCUT2D eigenvalue weighted by Crippen LogP contribution is 2.18. The molecule has 0 aliphatic carbocycles. The van der Waals surface area contributed by atoms with Crippen LogP contribution in [0.15, 0.2) is 41.8 Å². The third-order valence-corrected chi connectivity index (χ3v) is 3.94. The first kappa shape index (κ1) is 14.6. The van der Waals surface area contributed by atoms with E-state index in [1.165, 1.54) is 4.88 Å². The van der Waals surface area contributed by atoms with E-state index in [4.69, 9.17) is 4.74 Å². The lowest BCUT2D eigenvalue weighted by atomic mass is 10.1. The van der Waals surface area contributed by atoms with Crippen LogP contribution in [0.5, 0.6) is 5.75 Å². The van der Waals surface area contributed by atoms with Gasteiger partial charge in [-0.25, -0.2) is 0 Å². The molecule has 1 amide bonds. The van der Waals surface area contributed by atoms with Crippen LogP contribution < -0.4 is 10.1 Å². The molecule has 0 aliphatic rings. The molecular weight excluding hydrogens is 270 g/mol. The van der Waals surface area contributed by atoms with Crippen LogP contribution in [0.2, 0.25) is 0 Å². The maximum absolute atomic E-state index is 12.1. The lowest BCUT2D eigenvalue weighted by Gasteiger charge is -2.14. The van der Waals surface area contributed by atoms with Gasteiger partial charge in [0.15, 0.2) is 0 Å². The Bertz CT molecular complexity index is 551. The van der Waals surface area contributed by atoms with Gasteiger partial charge in [0.25, 0.3) is 0 Å². The van der Waals surface area contributed by atoms with Crippen molar-refractivity contribution in [3.05, 3.63) is 52.2 Å². The van der Waals surface area contributed by atoms with Crippen molar-refractivity contribution >= 4 is 17.2 Å². The van der Waals surface area contributed by atoms with Gasteiger partial charge in [-0.05, 0) is 24.4 Å². The van der Waals surface area contributed by atoms with Crippen molar-refractivity contribution in [1.29, 1.82) is 0 Å². The summed E-state index contributed by atoms with van der Waals surface area (Å²) in [5, 5.41) is 5.08. The highest BCUT2D eigenvalue weighted by atomic mass is 32.1. The number of rotatable bonds is 6. The Morgan fingerprint density at radius 1 is 1.30 bits per heavy atom. The summed E-state index contributed by atoms with van der Waals surface area (Å²) in [5.74, 6) is 0.784. The zero-order chi connectivity index (χ0) is 14.4. The zero-order valence-corrected chi connectivity index (χ0v) is 12.6. The molecule has 2 aromatic rings. The Labute approximate surface area is 123 Å². The number of thiophene rings is 1. The van der Waals surface area contributed by atoms with Crippen LogP contribution in [-0.2, 0) is 17.6 Å². The fourth-order valence-electron chi connectivity index (χ4n) is 2.13. The third kappa shape index (κ3) is 4.10. The van der Waals surface area contributed by atoms with Gasteiger partial charge in [-0.3, -0.25) is 4.79 Å². The van der Waals surface area contributed by atoms with Crippen molar-refractivity contribution in [3.63, 3.8) is 0 Å². The lowest BCUT2D eigenvalue weighted by Crippen LogP contribution is -2.35. The van der Waals surface area contributed by atoms with Crippen LogP contribution >= 0.6 is 11.3 Å². The molecule has 2 rings (SSSR count). The van der Waals surface area contributed by atoms with Crippen molar-refractivity contribution in [3.8, 4) is 5.75 Å². The number of ether oxygens (including phenoxy) is 1. The molecule has 20 heavy (non-hydrogen) atoms. The van der Waals surface area contributed by atoms with Crippen LogP contribution in [0, 0.1) is 0 Å². The van der Waals surface area contributed by atoms with E-state index < -0.39 is 0 Å². The molecule has 3 nitrogen and oxygen atoms in total. The summed E-state index contributed by atoms with van der Waals surface area (Å²) in [6.45, 7) is 2.03. The summed E-state index contributed by atoms with van der Waals surface area (Å²) in [6, 6.07) is 11.9. The molecule has 106 valence electrons. The average Bonchev–Trinajstić information content (AvgIpc) is 2.91. The topological polar surface area (TPSA) is 38.3 Å². The van der Waals surface area contributed by atoms with Crippen molar-refractivity contribution in [1.82, 2.24) is 5.32 Å². The molecule has 0 saturated heterocycles. The number of benzene rings is 1. The second-order valence-electron chi connectivity index (χ2n) is 4.74. The van der Waals surface area contributed by atoms with E-state index in [1.807, 2.05) is 37.3 Å². The van der Waals surface area contributed by atoms with Gasteiger partial charge < -0.3 is 10.1 Å². The van der Waals surface area contributed by atoms with Crippen molar-refractivity contribution < 1.29 is 9.53 Å². The number of carbonyl (C=O) groups excluding carboxylic acids is 1. The number of hydrogen-bond acceptors (Lipinski definition) is 3. The van der Waals surface area contributed by atoms with E-state index in [1.54, 1.807) is 18.4 Å². The van der Waals surface area contributed by atoms with E-state index in [2.05, 4.69) is 16.8 Å². The Kier molecular flexibility index (Phi) is 5.18. The van der Waals surface area contributed by atoms with Crippen molar-refractivity contribution in [2.24, 2.45) is 0 Å². The Hall–Kier alpha value is -1.81. The Morgan fingerprint density at radius 2 is 2.10 bits per heavy atom. The van der Waals surface area contributed by atoms with E-state index in [0.29, 0.717) is 6.42 Å². The minimum atomic E-state index is 0.0264. The maximum atomic E-state index is 12.1. The molecule has 0 radical (unpaired) electrons. The highest BCUT2D eigenvalue weighted by Gasteiger charge is 2.11. The second-order valence-corrected chi connectivity index (χ2v) is 5.77. The molecule has 1 atom stereocenters.